The Morgan fingerprint density at radius 2 is 1.95 bits per heavy atom. The molecule has 0 saturated carbocycles. The number of hydrogen-bond donors (Lipinski definition) is 1. The number of rotatable bonds is 4. The number of aromatic nitrogens is 2. The largest absolute Gasteiger partial charge is 0.305 e. The Morgan fingerprint density at radius 1 is 1.14 bits per heavy atom. The molecule has 0 aliphatic carbocycles. The van der Waals surface area contributed by atoms with E-state index in [9.17, 15) is 0 Å². The monoisotopic (exact) mass is 279 g/mol. The van der Waals surface area contributed by atoms with E-state index in [1.807, 2.05) is 11.7 Å². The van der Waals surface area contributed by atoms with Crippen LogP contribution in [0.3, 0.4) is 0 Å². The normalized spacial score (nSPS) is 12.7. The van der Waals surface area contributed by atoms with Crippen LogP contribution in [0, 0.1) is 6.92 Å². The summed E-state index contributed by atoms with van der Waals surface area (Å²) in [7, 11) is 2.01. The zero-order chi connectivity index (χ0) is 14.8. The lowest BCUT2D eigenvalue weighted by Gasteiger charge is -2.17. The summed E-state index contributed by atoms with van der Waals surface area (Å²) in [5, 5.41) is 9.56. The van der Waals surface area contributed by atoms with Crippen molar-refractivity contribution in [1.29, 1.82) is 0 Å². The Bertz CT molecular complexity index is 758. The smallest absolute Gasteiger partial charge is 0.0917 e. The first-order valence-corrected chi connectivity index (χ1v) is 7.42. The van der Waals surface area contributed by atoms with Crippen molar-refractivity contribution in [3.05, 3.63) is 65.4 Å². The Labute approximate surface area is 125 Å². The molecule has 0 aliphatic rings. The first-order chi connectivity index (χ1) is 10.2. The van der Waals surface area contributed by atoms with Gasteiger partial charge in [0.05, 0.1) is 17.3 Å². The fraction of sp³-hybridized carbons (Fsp3) is 0.278. The molecule has 3 nitrogen and oxygen atoms in total. The second-order valence-corrected chi connectivity index (χ2v) is 5.43. The van der Waals surface area contributed by atoms with E-state index in [0.29, 0.717) is 0 Å². The lowest BCUT2D eigenvalue weighted by Crippen LogP contribution is -2.22. The molecule has 3 heteroatoms. The molecule has 0 fully saturated rings. The van der Waals surface area contributed by atoms with Crippen LogP contribution in [0.15, 0.2) is 48.5 Å². The molecule has 21 heavy (non-hydrogen) atoms. The average Bonchev–Trinajstić information content (AvgIpc) is 2.82. The predicted molar refractivity (Wildman–Crippen MR) is 87.4 cm³/mol. The van der Waals surface area contributed by atoms with Crippen LogP contribution in [0.25, 0.3) is 10.9 Å². The number of nitrogens with one attached hydrogen (secondary N) is 1. The van der Waals surface area contributed by atoms with E-state index in [0.717, 1.165) is 12.2 Å². The van der Waals surface area contributed by atoms with Crippen molar-refractivity contribution in [2.45, 2.75) is 19.9 Å². The Hall–Kier alpha value is -2.13. The van der Waals surface area contributed by atoms with Gasteiger partial charge < -0.3 is 5.32 Å². The van der Waals surface area contributed by atoms with Crippen molar-refractivity contribution >= 4 is 10.9 Å². The van der Waals surface area contributed by atoms with Crippen LogP contribution in [-0.2, 0) is 7.05 Å². The van der Waals surface area contributed by atoms with Crippen molar-refractivity contribution in [2.24, 2.45) is 7.05 Å². The van der Waals surface area contributed by atoms with Gasteiger partial charge in [-0.1, -0.05) is 55.0 Å². The Morgan fingerprint density at radius 3 is 2.71 bits per heavy atom. The number of aryl methyl sites for hydroxylation is 2. The summed E-state index contributed by atoms with van der Waals surface area (Å²) in [5.74, 6) is 0. The SMILES string of the molecule is CCNC(c1cccc(C)c1)c1nn(C)c2ccccc12. The summed E-state index contributed by atoms with van der Waals surface area (Å²) in [4.78, 5) is 0. The van der Waals surface area contributed by atoms with Crippen molar-refractivity contribution in [3.63, 3.8) is 0 Å². The van der Waals surface area contributed by atoms with Gasteiger partial charge in [-0.05, 0) is 25.1 Å². The standard InChI is InChI=1S/C18H21N3/c1-4-19-17(14-9-7-8-13(2)12-14)18-15-10-5-6-11-16(15)21(3)20-18/h5-12,17,19H,4H2,1-3H3. The van der Waals surface area contributed by atoms with Gasteiger partial charge in [-0.2, -0.15) is 5.10 Å². The highest BCUT2D eigenvalue weighted by Crippen LogP contribution is 2.28. The number of benzene rings is 2. The summed E-state index contributed by atoms with van der Waals surface area (Å²) >= 11 is 0. The molecule has 0 saturated heterocycles. The van der Waals surface area contributed by atoms with Gasteiger partial charge in [0.1, 0.15) is 0 Å². The molecule has 0 aliphatic heterocycles. The van der Waals surface area contributed by atoms with Crippen LogP contribution in [0.4, 0.5) is 0 Å². The van der Waals surface area contributed by atoms with E-state index in [1.165, 1.54) is 22.0 Å². The third-order valence-corrected chi connectivity index (χ3v) is 3.84. The van der Waals surface area contributed by atoms with E-state index in [2.05, 4.69) is 67.7 Å². The predicted octanol–water partition coefficient (Wildman–Crippen LogP) is 3.58. The van der Waals surface area contributed by atoms with Crippen LogP contribution in [0.1, 0.15) is 29.8 Å². The number of para-hydroxylation sites is 1. The minimum absolute atomic E-state index is 0.126. The van der Waals surface area contributed by atoms with Crippen LogP contribution >= 0.6 is 0 Å². The fourth-order valence-corrected chi connectivity index (χ4v) is 2.88. The Kier molecular flexibility index (Phi) is 3.76. The molecule has 1 atom stereocenters. The van der Waals surface area contributed by atoms with Crippen molar-refractivity contribution in [3.8, 4) is 0 Å². The molecule has 2 aromatic carbocycles. The molecular weight excluding hydrogens is 258 g/mol. The van der Waals surface area contributed by atoms with Crippen LogP contribution in [-0.4, -0.2) is 16.3 Å². The first-order valence-electron chi connectivity index (χ1n) is 7.42. The maximum atomic E-state index is 4.77. The van der Waals surface area contributed by atoms with E-state index in [1.54, 1.807) is 0 Å². The van der Waals surface area contributed by atoms with Crippen molar-refractivity contribution in [1.82, 2.24) is 15.1 Å². The third-order valence-electron chi connectivity index (χ3n) is 3.84. The zero-order valence-electron chi connectivity index (χ0n) is 12.8. The summed E-state index contributed by atoms with van der Waals surface area (Å²) in [6.45, 7) is 5.17. The molecule has 1 unspecified atom stereocenters. The summed E-state index contributed by atoms with van der Waals surface area (Å²) in [6, 6.07) is 17.2. The molecule has 0 bridgehead atoms. The van der Waals surface area contributed by atoms with Gasteiger partial charge in [-0.25, -0.2) is 0 Å². The molecule has 1 N–H and O–H groups in total. The number of nitrogens with zero attached hydrogens (tertiary/aromatic N) is 2. The van der Waals surface area contributed by atoms with Gasteiger partial charge >= 0.3 is 0 Å². The first kappa shape index (κ1) is 13.8. The van der Waals surface area contributed by atoms with Crippen molar-refractivity contribution in [2.75, 3.05) is 6.54 Å². The highest BCUT2D eigenvalue weighted by atomic mass is 15.3. The van der Waals surface area contributed by atoms with Gasteiger partial charge in [-0.15, -0.1) is 0 Å². The minimum atomic E-state index is 0.126. The van der Waals surface area contributed by atoms with E-state index in [4.69, 9.17) is 5.10 Å². The molecule has 108 valence electrons. The lowest BCUT2D eigenvalue weighted by atomic mass is 9.99. The second-order valence-electron chi connectivity index (χ2n) is 5.43. The third kappa shape index (κ3) is 2.57. The van der Waals surface area contributed by atoms with Crippen LogP contribution in [0.2, 0.25) is 0 Å². The molecule has 3 rings (SSSR count). The van der Waals surface area contributed by atoms with Crippen LogP contribution < -0.4 is 5.32 Å². The van der Waals surface area contributed by atoms with Gasteiger partial charge in [0.15, 0.2) is 0 Å². The number of hydrogen-bond acceptors (Lipinski definition) is 2. The van der Waals surface area contributed by atoms with Crippen molar-refractivity contribution < 1.29 is 0 Å². The molecule has 0 amide bonds. The summed E-state index contributed by atoms with van der Waals surface area (Å²) in [5.41, 5.74) is 4.81. The highest BCUT2D eigenvalue weighted by Gasteiger charge is 2.19. The molecular formula is C18H21N3. The van der Waals surface area contributed by atoms with E-state index in [-0.39, 0.29) is 6.04 Å². The molecule has 1 heterocycles. The second kappa shape index (κ2) is 5.70. The minimum Gasteiger partial charge on any atom is -0.305 e. The maximum Gasteiger partial charge on any atom is 0.0917 e. The Balaban J connectivity index is 2.16. The van der Waals surface area contributed by atoms with Gasteiger partial charge in [0, 0.05) is 12.4 Å². The van der Waals surface area contributed by atoms with Gasteiger partial charge in [0.25, 0.3) is 0 Å². The van der Waals surface area contributed by atoms with Gasteiger partial charge in [0.2, 0.25) is 0 Å². The highest BCUT2D eigenvalue weighted by molar-refractivity contribution is 5.82. The molecule has 1 aromatic heterocycles. The summed E-state index contributed by atoms with van der Waals surface area (Å²) in [6.07, 6.45) is 0. The summed E-state index contributed by atoms with van der Waals surface area (Å²) < 4.78 is 1.96. The lowest BCUT2D eigenvalue weighted by molar-refractivity contribution is 0.603. The van der Waals surface area contributed by atoms with E-state index >= 15 is 0 Å². The topological polar surface area (TPSA) is 29.9 Å². The maximum absolute atomic E-state index is 4.77. The quantitative estimate of drug-likeness (QED) is 0.791. The average molecular weight is 279 g/mol. The number of fused-ring (bicyclic) bond motifs is 1. The van der Waals surface area contributed by atoms with Gasteiger partial charge in [-0.3, -0.25) is 4.68 Å². The zero-order valence-corrected chi connectivity index (χ0v) is 12.8. The molecule has 0 radical (unpaired) electrons. The van der Waals surface area contributed by atoms with Crippen LogP contribution in [0.5, 0.6) is 0 Å². The van der Waals surface area contributed by atoms with E-state index < -0.39 is 0 Å². The molecule has 3 aromatic rings. The fourth-order valence-electron chi connectivity index (χ4n) is 2.88. The molecule has 0 spiro atoms.